The van der Waals surface area contributed by atoms with Gasteiger partial charge in [0.15, 0.2) is 6.23 Å². The normalized spacial score (nSPS) is 29.1. The Bertz CT molecular complexity index is 571. The summed E-state index contributed by atoms with van der Waals surface area (Å²) < 4.78 is 34.4. The number of alkyl halides is 2. The maximum absolute atomic E-state index is 12.1. The van der Waals surface area contributed by atoms with Crippen LogP contribution in [0.1, 0.15) is 6.23 Å². The quantitative estimate of drug-likeness (QED) is 0.539. The third-order valence-electron chi connectivity index (χ3n) is 2.87. The summed E-state index contributed by atoms with van der Waals surface area (Å²) in [7, 11) is 0. The first-order valence-electron chi connectivity index (χ1n) is 5.71. The van der Waals surface area contributed by atoms with E-state index in [9.17, 15) is 23.8 Å². The molecule has 21 heavy (non-hydrogen) atoms. The van der Waals surface area contributed by atoms with Gasteiger partial charge >= 0.3 is 12.3 Å². The van der Waals surface area contributed by atoms with Crippen molar-refractivity contribution in [1.29, 1.82) is 0 Å². The molecule has 3 N–H and O–H groups in total. The van der Waals surface area contributed by atoms with Crippen molar-refractivity contribution in [3.8, 4) is 5.88 Å². The minimum atomic E-state index is -3.13. The highest BCUT2D eigenvalue weighted by Crippen LogP contribution is 2.29. The van der Waals surface area contributed by atoms with Crippen LogP contribution in [0.5, 0.6) is 5.88 Å². The lowest BCUT2D eigenvalue weighted by atomic mass is 10.1. The van der Waals surface area contributed by atoms with E-state index in [1.54, 1.807) is 22.6 Å². The topological polar surface area (TPSA) is 114 Å². The Kier molecular flexibility index (Phi) is 5.08. The average molecular weight is 420 g/mol. The second-order valence-electron chi connectivity index (χ2n) is 4.19. The van der Waals surface area contributed by atoms with Gasteiger partial charge in [0.25, 0.3) is 0 Å². The molecule has 0 radical (unpaired) electrons. The summed E-state index contributed by atoms with van der Waals surface area (Å²) >= 11 is 1.62. The van der Waals surface area contributed by atoms with Crippen LogP contribution in [0.15, 0.2) is 11.0 Å². The van der Waals surface area contributed by atoms with E-state index in [0.29, 0.717) is 0 Å². The summed E-state index contributed by atoms with van der Waals surface area (Å²) in [5, 5.41) is 28.4. The largest absolute Gasteiger partial charge is 0.416 e. The van der Waals surface area contributed by atoms with Gasteiger partial charge in [-0.3, -0.25) is 4.57 Å². The van der Waals surface area contributed by atoms with E-state index in [1.165, 1.54) is 0 Å². The molecular weight excluding hydrogens is 409 g/mol. The molecule has 1 saturated heterocycles. The molecule has 1 aromatic heterocycles. The van der Waals surface area contributed by atoms with E-state index in [-0.39, 0.29) is 3.57 Å². The van der Waals surface area contributed by atoms with Crippen LogP contribution >= 0.6 is 22.6 Å². The molecule has 0 saturated carbocycles. The molecular formula is C10H11F2IN2O6. The highest BCUT2D eigenvalue weighted by Gasteiger charge is 2.44. The fourth-order valence-electron chi connectivity index (χ4n) is 1.89. The Hall–Kier alpha value is -0.890. The standard InChI is InChI=1S/C10H11F2IN2O6/c11-9(12)21-7-3(13)1-15(10(19)14-7)8-6(18)5(17)4(2-16)20-8/h1,4-6,8-9,16-18H,2H2/t4-,5-,6+,8-/m1/s1. The van der Waals surface area contributed by atoms with E-state index in [0.717, 1.165) is 10.8 Å². The number of hydrogen-bond acceptors (Lipinski definition) is 7. The van der Waals surface area contributed by atoms with Gasteiger partial charge in [-0.1, -0.05) is 0 Å². The SMILES string of the molecule is O=c1nc(OC(F)F)c(I)cn1[C@@H]1O[C@H](CO)[C@@H](O)[C@@H]1O. The van der Waals surface area contributed by atoms with Gasteiger partial charge in [0.05, 0.1) is 10.2 Å². The Labute approximate surface area is 130 Å². The van der Waals surface area contributed by atoms with Gasteiger partial charge in [-0.25, -0.2) is 4.79 Å². The molecule has 4 atom stereocenters. The van der Waals surface area contributed by atoms with Crippen molar-refractivity contribution in [2.24, 2.45) is 0 Å². The summed E-state index contributed by atoms with van der Waals surface area (Å²) in [6.45, 7) is -3.68. The van der Waals surface area contributed by atoms with Crippen molar-refractivity contribution in [1.82, 2.24) is 9.55 Å². The molecule has 1 aliphatic rings. The fraction of sp³-hybridized carbons (Fsp3) is 0.600. The molecule has 0 spiro atoms. The van der Waals surface area contributed by atoms with Gasteiger partial charge in [0.1, 0.15) is 18.3 Å². The van der Waals surface area contributed by atoms with Crippen LogP contribution in [-0.2, 0) is 4.74 Å². The first-order chi connectivity index (χ1) is 9.85. The lowest BCUT2D eigenvalue weighted by Gasteiger charge is -2.18. The molecule has 0 amide bonds. The number of aromatic nitrogens is 2. The molecule has 8 nitrogen and oxygen atoms in total. The van der Waals surface area contributed by atoms with Crippen molar-refractivity contribution >= 4 is 22.6 Å². The summed E-state index contributed by atoms with van der Waals surface area (Å²) in [4.78, 5) is 15.1. The van der Waals surface area contributed by atoms with Gasteiger partial charge in [0, 0.05) is 6.20 Å². The van der Waals surface area contributed by atoms with E-state index in [4.69, 9.17) is 9.84 Å². The van der Waals surface area contributed by atoms with Gasteiger partial charge in [-0.15, -0.1) is 0 Å². The number of aliphatic hydroxyl groups is 3. The maximum Gasteiger partial charge on any atom is 0.388 e. The molecule has 1 aliphatic heterocycles. The predicted molar refractivity (Wildman–Crippen MR) is 70.9 cm³/mol. The van der Waals surface area contributed by atoms with E-state index >= 15 is 0 Å². The van der Waals surface area contributed by atoms with Crippen molar-refractivity contribution < 1.29 is 33.6 Å². The van der Waals surface area contributed by atoms with Gasteiger partial charge < -0.3 is 24.8 Å². The number of hydrogen-bond donors (Lipinski definition) is 3. The monoisotopic (exact) mass is 420 g/mol. The predicted octanol–water partition coefficient (Wildman–Crippen LogP) is -0.939. The summed E-state index contributed by atoms with van der Waals surface area (Å²) in [5.41, 5.74) is -0.999. The van der Waals surface area contributed by atoms with E-state index < -0.39 is 49.3 Å². The zero-order chi connectivity index (χ0) is 15.7. The van der Waals surface area contributed by atoms with Gasteiger partial charge in [-0.05, 0) is 22.6 Å². The third kappa shape index (κ3) is 3.31. The second-order valence-corrected chi connectivity index (χ2v) is 5.35. The molecule has 0 aromatic carbocycles. The number of ether oxygens (including phenoxy) is 2. The van der Waals surface area contributed by atoms with Crippen LogP contribution in [0.25, 0.3) is 0 Å². The number of nitrogens with zero attached hydrogens (tertiary/aromatic N) is 2. The fourth-order valence-corrected chi connectivity index (χ4v) is 2.44. The van der Waals surface area contributed by atoms with Crippen LogP contribution in [-0.4, -0.2) is 56.4 Å². The molecule has 1 aromatic rings. The Balaban J connectivity index is 2.33. The molecule has 2 rings (SSSR count). The van der Waals surface area contributed by atoms with Crippen molar-refractivity contribution in [2.45, 2.75) is 31.2 Å². The lowest BCUT2D eigenvalue weighted by molar-refractivity contribution is -0.0598. The molecule has 0 bridgehead atoms. The van der Waals surface area contributed by atoms with Crippen molar-refractivity contribution in [3.05, 3.63) is 20.3 Å². The van der Waals surface area contributed by atoms with Crippen LogP contribution in [0.2, 0.25) is 0 Å². The van der Waals surface area contributed by atoms with Gasteiger partial charge in [-0.2, -0.15) is 13.8 Å². The van der Waals surface area contributed by atoms with Crippen LogP contribution in [0.4, 0.5) is 8.78 Å². The first kappa shape index (κ1) is 16.5. The van der Waals surface area contributed by atoms with Crippen LogP contribution in [0.3, 0.4) is 0 Å². The first-order valence-corrected chi connectivity index (χ1v) is 6.79. The number of aliphatic hydroxyl groups excluding tert-OH is 3. The summed E-state index contributed by atoms with van der Waals surface area (Å²) in [6, 6.07) is 0. The maximum atomic E-state index is 12.1. The average Bonchev–Trinajstić information content (AvgIpc) is 2.69. The Morgan fingerprint density at radius 3 is 2.67 bits per heavy atom. The summed E-state index contributed by atoms with van der Waals surface area (Å²) in [6.07, 6.45) is -4.10. The molecule has 0 aliphatic carbocycles. The minimum Gasteiger partial charge on any atom is -0.416 e. The third-order valence-corrected chi connectivity index (χ3v) is 3.61. The lowest BCUT2D eigenvalue weighted by Crippen LogP contribution is -2.36. The minimum absolute atomic E-state index is 0.0882. The van der Waals surface area contributed by atoms with Crippen LogP contribution in [0, 0.1) is 3.57 Å². The smallest absolute Gasteiger partial charge is 0.388 e. The van der Waals surface area contributed by atoms with E-state index in [1.807, 2.05) is 0 Å². The zero-order valence-electron chi connectivity index (χ0n) is 10.3. The molecule has 2 heterocycles. The number of rotatable bonds is 4. The molecule has 0 unspecified atom stereocenters. The number of halogens is 3. The van der Waals surface area contributed by atoms with Crippen LogP contribution < -0.4 is 10.4 Å². The molecule has 11 heteroatoms. The Morgan fingerprint density at radius 2 is 2.14 bits per heavy atom. The van der Waals surface area contributed by atoms with E-state index in [2.05, 4.69) is 9.72 Å². The highest BCUT2D eigenvalue weighted by molar-refractivity contribution is 14.1. The molecule has 118 valence electrons. The Morgan fingerprint density at radius 1 is 1.48 bits per heavy atom. The van der Waals surface area contributed by atoms with Gasteiger partial charge in [0.2, 0.25) is 5.88 Å². The summed E-state index contributed by atoms with van der Waals surface area (Å²) in [5.74, 6) is -0.543. The zero-order valence-corrected chi connectivity index (χ0v) is 12.4. The second kappa shape index (κ2) is 6.48. The molecule has 1 fully saturated rings. The highest BCUT2D eigenvalue weighted by atomic mass is 127. The van der Waals surface area contributed by atoms with Crippen molar-refractivity contribution in [3.63, 3.8) is 0 Å². The van der Waals surface area contributed by atoms with Crippen molar-refractivity contribution in [2.75, 3.05) is 6.61 Å².